The first-order valence-electron chi connectivity index (χ1n) is 9.37. The van der Waals surface area contributed by atoms with Crippen molar-refractivity contribution < 1.29 is 4.79 Å². The van der Waals surface area contributed by atoms with E-state index in [4.69, 9.17) is 5.10 Å². The van der Waals surface area contributed by atoms with Gasteiger partial charge in [-0.1, -0.05) is 38.5 Å². The summed E-state index contributed by atoms with van der Waals surface area (Å²) in [5.74, 6) is 1.18. The summed E-state index contributed by atoms with van der Waals surface area (Å²) in [6, 6.07) is 10.4. The van der Waals surface area contributed by atoms with E-state index in [9.17, 15) is 4.79 Å². The van der Waals surface area contributed by atoms with Crippen molar-refractivity contribution in [1.29, 1.82) is 0 Å². The molecule has 0 bridgehead atoms. The molecule has 0 saturated heterocycles. The SMILES string of the molecule is Cc1ccc(-n2nc3c(c2-n2cccc2)CN(C(=O)C(C)(C)C)C3)c(C)c1. The summed E-state index contributed by atoms with van der Waals surface area (Å²) < 4.78 is 4.12. The molecule has 1 aliphatic heterocycles. The van der Waals surface area contributed by atoms with E-state index in [1.54, 1.807) is 0 Å². The summed E-state index contributed by atoms with van der Waals surface area (Å²) in [4.78, 5) is 14.7. The number of hydrogen-bond donors (Lipinski definition) is 0. The Labute approximate surface area is 160 Å². The van der Waals surface area contributed by atoms with Gasteiger partial charge in [0.2, 0.25) is 5.91 Å². The minimum absolute atomic E-state index is 0.164. The van der Waals surface area contributed by atoms with Crippen LogP contribution in [0.1, 0.15) is 43.2 Å². The highest BCUT2D eigenvalue weighted by molar-refractivity contribution is 5.82. The number of fused-ring (bicyclic) bond motifs is 1. The van der Waals surface area contributed by atoms with Crippen molar-refractivity contribution in [3.8, 4) is 11.5 Å². The summed E-state index contributed by atoms with van der Waals surface area (Å²) in [7, 11) is 0. The third-order valence-corrected chi connectivity index (χ3v) is 5.09. The number of aromatic nitrogens is 3. The molecular weight excluding hydrogens is 336 g/mol. The number of benzene rings is 1. The molecule has 0 radical (unpaired) electrons. The molecule has 3 heterocycles. The quantitative estimate of drug-likeness (QED) is 0.687. The second-order valence-electron chi connectivity index (χ2n) is 8.45. The Morgan fingerprint density at radius 2 is 1.78 bits per heavy atom. The van der Waals surface area contributed by atoms with Crippen molar-refractivity contribution in [2.24, 2.45) is 5.41 Å². The van der Waals surface area contributed by atoms with Crippen LogP contribution in [-0.2, 0) is 17.9 Å². The number of carbonyl (C=O) groups excluding carboxylic acids is 1. The molecule has 0 N–H and O–H groups in total. The fourth-order valence-corrected chi connectivity index (χ4v) is 3.77. The van der Waals surface area contributed by atoms with Gasteiger partial charge in [0.05, 0.1) is 24.5 Å². The molecule has 0 aliphatic carbocycles. The zero-order valence-corrected chi connectivity index (χ0v) is 16.7. The topological polar surface area (TPSA) is 43.1 Å². The highest BCUT2D eigenvalue weighted by Gasteiger charge is 2.35. The van der Waals surface area contributed by atoms with Gasteiger partial charge in [-0.3, -0.25) is 4.79 Å². The Balaban J connectivity index is 1.82. The molecule has 0 saturated carbocycles. The number of nitrogens with zero attached hydrogens (tertiary/aromatic N) is 4. The summed E-state index contributed by atoms with van der Waals surface area (Å²) in [5.41, 5.74) is 5.22. The highest BCUT2D eigenvalue weighted by Crippen LogP contribution is 2.33. The van der Waals surface area contributed by atoms with Crippen molar-refractivity contribution in [3.63, 3.8) is 0 Å². The minimum atomic E-state index is -0.388. The maximum Gasteiger partial charge on any atom is 0.228 e. The van der Waals surface area contributed by atoms with E-state index in [1.807, 2.05) is 54.9 Å². The second kappa shape index (κ2) is 6.12. The zero-order chi connectivity index (χ0) is 19.3. The van der Waals surface area contributed by atoms with Crippen LogP contribution in [0.25, 0.3) is 11.5 Å². The first-order valence-corrected chi connectivity index (χ1v) is 9.37. The van der Waals surface area contributed by atoms with Crippen molar-refractivity contribution in [3.05, 3.63) is 65.1 Å². The molecule has 3 aromatic rings. The average molecular weight is 362 g/mol. The zero-order valence-electron chi connectivity index (χ0n) is 16.7. The van der Waals surface area contributed by atoms with E-state index >= 15 is 0 Å². The van der Waals surface area contributed by atoms with Crippen LogP contribution in [0.3, 0.4) is 0 Å². The number of rotatable bonds is 2. The molecular formula is C22H26N4O. The van der Waals surface area contributed by atoms with E-state index in [0.717, 1.165) is 22.8 Å². The lowest BCUT2D eigenvalue weighted by molar-refractivity contribution is -0.140. The van der Waals surface area contributed by atoms with Crippen molar-refractivity contribution in [1.82, 2.24) is 19.2 Å². The number of amides is 1. The first-order chi connectivity index (χ1) is 12.8. The Morgan fingerprint density at radius 3 is 2.41 bits per heavy atom. The lowest BCUT2D eigenvalue weighted by atomic mass is 9.95. The molecule has 27 heavy (non-hydrogen) atoms. The molecule has 4 rings (SSSR count). The monoisotopic (exact) mass is 362 g/mol. The number of carbonyl (C=O) groups is 1. The third-order valence-electron chi connectivity index (χ3n) is 5.09. The molecule has 1 aromatic carbocycles. The minimum Gasteiger partial charge on any atom is -0.332 e. The maximum absolute atomic E-state index is 12.8. The largest absolute Gasteiger partial charge is 0.332 e. The van der Waals surface area contributed by atoms with Crippen LogP contribution in [-0.4, -0.2) is 25.2 Å². The molecule has 0 fully saturated rings. The van der Waals surface area contributed by atoms with Crippen LogP contribution in [0.5, 0.6) is 0 Å². The second-order valence-corrected chi connectivity index (χ2v) is 8.45. The van der Waals surface area contributed by atoms with E-state index in [2.05, 4.69) is 36.6 Å². The smallest absolute Gasteiger partial charge is 0.228 e. The molecule has 140 valence electrons. The van der Waals surface area contributed by atoms with E-state index < -0.39 is 0 Å². The van der Waals surface area contributed by atoms with Gasteiger partial charge in [0, 0.05) is 23.4 Å². The lowest BCUT2D eigenvalue weighted by Gasteiger charge is -2.25. The van der Waals surface area contributed by atoms with Crippen LogP contribution < -0.4 is 0 Å². The molecule has 0 unspecified atom stereocenters. The molecule has 2 aromatic heterocycles. The van der Waals surface area contributed by atoms with Crippen LogP contribution in [0.15, 0.2) is 42.7 Å². The molecule has 5 nitrogen and oxygen atoms in total. The average Bonchev–Trinajstić information content (AvgIpc) is 3.28. The molecule has 5 heteroatoms. The fourth-order valence-electron chi connectivity index (χ4n) is 3.77. The van der Waals surface area contributed by atoms with Crippen molar-refractivity contribution in [2.45, 2.75) is 47.7 Å². The predicted octanol–water partition coefficient (Wildman–Crippen LogP) is 4.17. The summed E-state index contributed by atoms with van der Waals surface area (Å²) in [5, 5.41) is 4.92. The number of hydrogen-bond acceptors (Lipinski definition) is 2. The van der Waals surface area contributed by atoms with Gasteiger partial charge < -0.3 is 9.47 Å². The van der Waals surface area contributed by atoms with Gasteiger partial charge in [-0.2, -0.15) is 5.10 Å². The Kier molecular flexibility index (Phi) is 3.98. The van der Waals surface area contributed by atoms with Gasteiger partial charge in [-0.25, -0.2) is 4.68 Å². The van der Waals surface area contributed by atoms with Gasteiger partial charge in [0.25, 0.3) is 0 Å². The van der Waals surface area contributed by atoms with E-state index in [1.165, 1.54) is 11.1 Å². The fraction of sp³-hybridized carbons (Fsp3) is 0.364. The standard InChI is InChI=1S/C22H26N4O/c1-15-8-9-19(16(2)12-15)26-20(24-10-6-7-11-24)17-13-25(14-18(17)23-26)21(27)22(3,4)5/h6-12H,13-14H2,1-5H3. The summed E-state index contributed by atoms with van der Waals surface area (Å²) >= 11 is 0. The first kappa shape index (κ1) is 17.6. The summed E-state index contributed by atoms with van der Waals surface area (Å²) in [6.45, 7) is 11.3. The van der Waals surface area contributed by atoms with Gasteiger partial charge >= 0.3 is 0 Å². The van der Waals surface area contributed by atoms with Crippen molar-refractivity contribution in [2.75, 3.05) is 0 Å². The van der Waals surface area contributed by atoms with Crippen LogP contribution in [0.4, 0.5) is 0 Å². The van der Waals surface area contributed by atoms with Crippen molar-refractivity contribution >= 4 is 5.91 Å². The van der Waals surface area contributed by atoms with Gasteiger partial charge in [0.1, 0.15) is 5.82 Å². The summed E-state index contributed by atoms with van der Waals surface area (Å²) in [6.07, 6.45) is 4.07. The van der Waals surface area contributed by atoms with Gasteiger partial charge in [-0.05, 0) is 37.6 Å². The van der Waals surface area contributed by atoms with Crippen LogP contribution >= 0.6 is 0 Å². The Bertz CT molecular complexity index is 1010. The van der Waals surface area contributed by atoms with E-state index in [-0.39, 0.29) is 11.3 Å². The maximum atomic E-state index is 12.8. The van der Waals surface area contributed by atoms with E-state index in [0.29, 0.717) is 13.1 Å². The third kappa shape index (κ3) is 2.97. The molecule has 1 aliphatic rings. The van der Waals surface area contributed by atoms with Crippen LogP contribution in [0, 0.1) is 19.3 Å². The lowest BCUT2D eigenvalue weighted by Crippen LogP contribution is -2.36. The molecule has 1 amide bonds. The predicted molar refractivity (Wildman–Crippen MR) is 106 cm³/mol. The van der Waals surface area contributed by atoms with Gasteiger partial charge in [0.15, 0.2) is 0 Å². The molecule has 0 spiro atoms. The highest BCUT2D eigenvalue weighted by atomic mass is 16.2. The number of aryl methyl sites for hydroxylation is 2. The van der Waals surface area contributed by atoms with Gasteiger partial charge in [-0.15, -0.1) is 0 Å². The Morgan fingerprint density at radius 1 is 1.07 bits per heavy atom. The normalized spacial score (nSPS) is 13.9. The molecule has 0 atom stereocenters. The Hall–Kier alpha value is -2.82. The van der Waals surface area contributed by atoms with Crippen LogP contribution in [0.2, 0.25) is 0 Å².